The number of rotatable bonds is 5. The Hall–Kier alpha value is -0.0800. The molecule has 1 saturated carbocycles. The SMILES string of the molecule is CC1CCCC(NCC(C)(C)CCO)C1. The zero-order chi connectivity index (χ0) is 11.3. The summed E-state index contributed by atoms with van der Waals surface area (Å²) in [5.41, 5.74) is 0.232. The normalized spacial score (nSPS) is 28.0. The quantitative estimate of drug-likeness (QED) is 0.735. The molecule has 2 N–H and O–H groups in total. The van der Waals surface area contributed by atoms with E-state index in [4.69, 9.17) is 5.11 Å². The van der Waals surface area contributed by atoms with Gasteiger partial charge in [-0.05, 0) is 30.6 Å². The summed E-state index contributed by atoms with van der Waals surface area (Å²) >= 11 is 0. The zero-order valence-electron chi connectivity index (χ0n) is 10.6. The molecule has 0 aromatic heterocycles. The van der Waals surface area contributed by atoms with Crippen LogP contribution in [0, 0.1) is 11.3 Å². The van der Waals surface area contributed by atoms with E-state index < -0.39 is 0 Å². The van der Waals surface area contributed by atoms with Crippen molar-refractivity contribution in [1.29, 1.82) is 0 Å². The lowest BCUT2D eigenvalue weighted by Gasteiger charge is -2.32. The van der Waals surface area contributed by atoms with Crippen LogP contribution in [0.25, 0.3) is 0 Å². The van der Waals surface area contributed by atoms with Crippen molar-refractivity contribution in [3.8, 4) is 0 Å². The van der Waals surface area contributed by atoms with E-state index in [-0.39, 0.29) is 5.41 Å². The molecule has 0 heterocycles. The van der Waals surface area contributed by atoms with Crippen LogP contribution >= 0.6 is 0 Å². The molecular weight excluding hydrogens is 186 g/mol. The predicted molar refractivity (Wildman–Crippen MR) is 64.9 cm³/mol. The van der Waals surface area contributed by atoms with Crippen LogP contribution in [0.2, 0.25) is 0 Å². The van der Waals surface area contributed by atoms with Gasteiger partial charge in [-0.25, -0.2) is 0 Å². The van der Waals surface area contributed by atoms with Crippen molar-refractivity contribution in [2.75, 3.05) is 13.2 Å². The first-order chi connectivity index (χ1) is 7.03. The summed E-state index contributed by atoms with van der Waals surface area (Å²) in [6.45, 7) is 8.14. The molecule has 0 bridgehead atoms. The predicted octanol–water partition coefficient (Wildman–Crippen LogP) is 2.56. The van der Waals surface area contributed by atoms with Crippen molar-refractivity contribution in [3.05, 3.63) is 0 Å². The Morgan fingerprint density at radius 2 is 2.07 bits per heavy atom. The highest BCUT2D eigenvalue weighted by molar-refractivity contribution is 4.79. The van der Waals surface area contributed by atoms with E-state index in [0.29, 0.717) is 12.6 Å². The van der Waals surface area contributed by atoms with Crippen molar-refractivity contribution in [3.63, 3.8) is 0 Å². The van der Waals surface area contributed by atoms with Crippen LogP contribution in [0.5, 0.6) is 0 Å². The molecule has 2 atom stereocenters. The van der Waals surface area contributed by atoms with Crippen LogP contribution in [0.3, 0.4) is 0 Å². The van der Waals surface area contributed by atoms with Crippen LogP contribution in [-0.2, 0) is 0 Å². The third-order valence-electron chi connectivity index (χ3n) is 3.59. The van der Waals surface area contributed by atoms with Crippen LogP contribution in [0.15, 0.2) is 0 Å². The van der Waals surface area contributed by atoms with E-state index in [9.17, 15) is 0 Å². The molecule has 15 heavy (non-hydrogen) atoms. The fraction of sp³-hybridized carbons (Fsp3) is 1.00. The first kappa shape index (κ1) is 13.0. The van der Waals surface area contributed by atoms with Crippen LogP contribution in [-0.4, -0.2) is 24.3 Å². The maximum atomic E-state index is 8.95. The zero-order valence-corrected chi connectivity index (χ0v) is 10.6. The van der Waals surface area contributed by atoms with E-state index in [1.165, 1.54) is 25.7 Å². The van der Waals surface area contributed by atoms with Crippen molar-refractivity contribution in [1.82, 2.24) is 5.32 Å². The molecule has 90 valence electrons. The van der Waals surface area contributed by atoms with Gasteiger partial charge >= 0.3 is 0 Å². The van der Waals surface area contributed by atoms with E-state index >= 15 is 0 Å². The van der Waals surface area contributed by atoms with E-state index in [0.717, 1.165) is 18.9 Å². The van der Waals surface area contributed by atoms with Gasteiger partial charge < -0.3 is 10.4 Å². The third-order valence-corrected chi connectivity index (χ3v) is 3.59. The molecule has 1 fully saturated rings. The number of hydrogen-bond donors (Lipinski definition) is 2. The Morgan fingerprint density at radius 3 is 2.67 bits per heavy atom. The summed E-state index contributed by atoms with van der Waals surface area (Å²) in [4.78, 5) is 0. The molecule has 0 aliphatic heterocycles. The maximum Gasteiger partial charge on any atom is 0.0436 e. The van der Waals surface area contributed by atoms with E-state index in [1.54, 1.807) is 0 Å². The summed E-state index contributed by atoms with van der Waals surface area (Å²) in [6, 6.07) is 0.715. The monoisotopic (exact) mass is 213 g/mol. The molecule has 0 spiro atoms. The summed E-state index contributed by atoms with van der Waals surface area (Å²) in [5, 5.41) is 12.6. The maximum absolute atomic E-state index is 8.95. The smallest absolute Gasteiger partial charge is 0.0436 e. The molecule has 2 unspecified atom stereocenters. The molecule has 0 aromatic rings. The molecule has 2 heteroatoms. The first-order valence-corrected chi connectivity index (χ1v) is 6.38. The van der Waals surface area contributed by atoms with Gasteiger partial charge in [0.15, 0.2) is 0 Å². The largest absolute Gasteiger partial charge is 0.396 e. The highest BCUT2D eigenvalue weighted by Crippen LogP contribution is 2.25. The minimum absolute atomic E-state index is 0.232. The average molecular weight is 213 g/mol. The molecular formula is C13H27NO. The minimum Gasteiger partial charge on any atom is -0.396 e. The molecule has 1 aliphatic carbocycles. The van der Waals surface area contributed by atoms with Crippen molar-refractivity contribution >= 4 is 0 Å². The fourth-order valence-corrected chi connectivity index (χ4v) is 2.43. The average Bonchev–Trinajstić information content (AvgIpc) is 2.15. The van der Waals surface area contributed by atoms with E-state index in [2.05, 4.69) is 26.1 Å². The van der Waals surface area contributed by atoms with Gasteiger partial charge in [0.1, 0.15) is 0 Å². The summed E-state index contributed by atoms with van der Waals surface area (Å²) < 4.78 is 0. The van der Waals surface area contributed by atoms with Crippen molar-refractivity contribution in [2.45, 2.75) is 58.9 Å². The van der Waals surface area contributed by atoms with Gasteiger partial charge in [0.25, 0.3) is 0 Å². The van der Waals surface area contributed by atoms with Crippen molar-refractivity contribution < 1.29 is 5.11 Å². The lowest BCUT2D eigenvalue weighted by Crippen LogP contribution is -2.39. The van der Waals surface area contributed by atoms with Gasteiger partial charge in [-0.2, -0.15) is 0 Å². The highest BCUT2D eigenvalue weighted by Gasteiger charge is 2.22. The van der Waals surface area contributed by atoms with Gasteiger partial charge in [0.2, 0.25) is 0 Å². The van der Waals surface area contributed by atoms with Crippen LogP contribution < -0.4 is 5.32 Å². The Bertz CT molecular complexity index is 179. The van der Waals surface area contributed by atoms with Gasteiger partial charge in [0, 0.05) is 19.2 Å². The number of aliphatic hydroxyl groups excluding tert-OH is 1. The molecule has 2 nitrogen and oxygen atoms in total. The Morgan fingerprint density at radius 1 is 1.33 bits per heavy atom. The lowest BCUT2D eigenvalue weighted by molar-refractivity contribution is 0.193. The van der Waals surface area contributed by atoms with Crippen LogP contribution in [0.1, 0.15) is 52.9 Å². The Labute approximate surface area is 94.5 Å². The van der Waals surface area contributed by atoms with Gasteiger partial charge in [-0.1, -0.05) is 33.6 Å². The molecule has 1 rings (SSSR count). The molecule has 0 saturated heterocycles. The second-order valence-electron chi connectivity index (χ2n) is 5.99. The number of hydrogen-bond acceptors (Lipinski definition) is 2. The number of nitrogens with one attached hydrogen (secondary N) is 1. The minimum atomic E-state index is 0.232. The molecule has 0 aromatic carbocycles. The summed E-state index contributed by atoms with van der Waals surface area (Å²) in [7, 11) is 0. The standard InChI is InChI=1S/C13H27NO/c1-11-5-4-6-12(9-11)14-10-13(2,3)7-8-15/h11-12,14-15H,4-10H2,1-3H3. The lowest BCUT2D eigenvalue weighted by atomic mass is 9.85. The summed E-state index contributed by atoms with van der Waals surface area (Å²) in [6.07, 6.45) is 6.33. The van der Waals surface area contributed by atoms with E-state index in [1.807, 2.05) is 0 Å². The van der Waals surface area contributed by atoms with Gasteiger partial charge in [-0.15, -0.1) is 0 Å². The molecule has 0 radical (unpaired) electrons. The second-order valence-corrected chi connectivity index (χ2v) is 5.99. The fourth-order valence-electron chi connectivity index (χ4n) is 2.43. The number of aliphatic hydroxyl groups is 1. The van der Waals surface area contributed by atoms with Crippen LogP contribution in [0.4, 0.5) is 0 Å². The first-order valence-electron chi connectivity index (χ1n) is 6.38. The Kier molecular flexibility index (Phi) is 5.07. The topological polar surface area (TPSA) is 32.3 Å². The van der Waals surface area contributed by atoms with Gasteiger partial charge in [-0.3, -0.25) is 0 Å². The second kappa shape index (κ2) is 5.86. The molecule has 1 aliphatic rings. The third kappa shape index (κ3) is 4.98. The molecule has 0 amide bonds. The summed E-state index contributed by atoms with van der Waals surface area (Å²) in [5.74, 6) is 0.886. The van der Waals surface area contributed by atoms with Crippen molar-refractivity contribution in [2.24, 2.45) is 11.3 Å². The van der Waals surface area contributed by atoms with Gasteiger partial charge in [0.05, 0.1) is 0 Å². The Balaban J connectivity index is 2.23. The highest BCUT2D eigenvalue weighted by atomic mass is 16.3.